The van der Waals surface area contributed by atoms with E-state index in [0.717, 1.165) is 18.4 Å². The molecule has 1 saturated carbocycles. The third kappa shape index (κ3) is 4.37. The number of rotatable bonds is 4. The number of hydrogen-bond donors (Lipinski definition) is 2. The number of hydrogen-bond acceptors (Lipinski definition) is 3. The number of benzene rings is 1. The van der Waals surface area contributed by atoms with E-state index in [1.165, 1.54) is 19.3 Å². The summed E-state index contributed by atoms with van der Waals surface area (Å²) in [6.07, 6.45) is 5.01. The van der Waals surface area contributed by atoms with E-state index in [2.05, 4.69) is 0 Å². The molecule has 0 saturated heterocycles. The highest BCUT2D eigenvalue weighted by Gasteiger charge is 2.23. The lowest BCUT2D eigenvalue weighted by atomic mass is 9.83. The summed E-state index contributed by atoms with van der Waals surface area (Å²) in [5.74, 6) is 0.481. The maximum absolute atomic E-state index is 11.7. The minimum absolute atomic E-state index is 0.397. The first-order valence-electron chi connectivity index (χ1n) is 7.53. The zero-order valence-corrected chi connectivity index (χ0v) is 13.4. The van der Waals surface area contributed by atoms with E-state index < -0.39 is 18.0 Å². The Morgan fingerprint density at radius 3 is 2.64 bits per heavy atom. The van der Waals surface area contributed by atoms with Gasteiger partial charge >= 0.3 is 6.03 Å². The Balaban J connectivity index is 2.15. The van der Waals surface area contributed by atoms with Gasteiger partial charge in [-0.2, -0.15) is 0 Å². The van der Waals surface area contributed by atoms with Crippen molar-refractivity contribution >= 4 is 23.5 Å². The van der Waals surface area contributed by atoms with Crippen molar-refractivity contribution in [3.05, 3.63) is 28.8 Å². The predicted octanol–water partition coefficient (Wildman–Crippen LogP) is 3.35. The molecule has 2 rings (SSSR count). The van der Waals surface area contributed by atoms with Gasteiger partial charge in [-0.05, 0) is 49.4 Å². The van der Waals surface area contributed by atoms with Crippen LogP contribution in [0.5, 0.6) is 5.75 Å². The molecule has 1 aliphatic carbocycles. The molecule has 1 fully saturated rings. The average Bonchev–Trinajstić information content (AvgIpc) is 2.49. The van der Waals surface area contributed by atoms with Crippen LogP contribution >= 0.6 is 11.6 Å². The fraction of sp³-hybridized carbons (Fsp3) is 0.500. The molecule has 0 unspecified atom stereocenters. The number of halogens is 1. The second kappa shape index (κ2) is 7.49. The van der Waals surface area contributed by atoms with Gasteiger partial charge in [-0.15, -0.1) is 0 Å². The molecule has 120 valence electrons. The largest absolute Gasteiger partial charge is 0.481 e. The van der Waals surface area contributed by atoms with Crippen LogP contribution in [-0.2, 0) is 4.79 Å². The molecule has 6 heteroatoms. The monoisotopic (exact) mass is 324 g/mol. The van der Waals surface area contributed by atoms with Gasteiger partial charge in [0.1, 0.15) is 5.75 Å². The van der Waals surface area contributed by atoms with Crippen molar-refractivity contribution in [3.8, 4) is 5.75 Å². The Bertz CT molecular complexity index is 556. The molecule has 0 bridgehead atoms. The summed E-state index contributed by atoms with van der Waals surface area (Å²) >= 11 is 6.11. The van der Waals surface area contributed by atoms with Gasteiger partial charge in [0.25, 0.3) is 5.91 Å². The Kier molecular flexibility index (Phi) is 5.66. The van der Waals surface area contributed by atoms with E-state index in [4.69, 9.17) is 22.1 Å². The van der Waals surface area contributed by atoms with E-state index in [1.54, 1.807) is 19.1 Å². The highest BCUT2D eigenvalue weighted by atomic mass is 35.5. The molecule has 1 aliphatic rings. The normalized spacial score (nSPS) is 16.8. The third-order valence-electron chi connectivity index (χ3n) is 3.94. The molecular weight excluding hydrogens is 304 g/mol. The van der Waals surface area contributed by atoms with Crippen molar-refractivity contribution < 1.29 is 14.3 Å². The number of nitrogens with two attached hydrogens (primary N) is 1. The number of nitrogens with one attached hydrogen (secondary N) is 1. The Hall–Kier alpha value is -1.75. The van der Waals surface area contributed by atoms with Gasteiger partial charge in [-0.3, -0.25) is 10.1 Å². The lowest BCUT2D eigenvalue weighted by Gasteiger charge is -2.25. The van der Waals surface area contributed by atoms with Gasteiger partial charge in [0, 0.05) is 5.02 Å². The first-order chi connectivity index (χ1) is 10.5. The lowest BCUT2D eigenvalue weighted by molar-refractivity contribution is -0.126. The Labute approximate surface area is 135 Å². The zero-order chi connectivity index (χ0) is 16.1. The van der Waals surface area contributed by atoms with Crippen LogP contribution in [0, 0.1) is 0 Å². The van der Waals surface area contributed by atoms with Crippen molar-refractivity contribution in [1.82, 2.24) is 5.32 Å². The number of primary amides is 1. The molecule has 3 N–H and O–H groups in total. The maximum atomic E-state index is 11.7. The number of carbonyl (C=O) groups is 2. The van der Waals surface area contributed by atoms with Gasteiger partial charge in [-0.25, -0.2) is 4.79 Å². The van der Waals surface area contributed by atoms with Gasteiger partial charge in [-0.1, -0.05) is 30.9 Å². The number of carbonyl (C=O) groups excluding carboxylic acids is 2. The van der Waals surface area contributed by atoms with E-state index in [1.807, 2.05) is 11.4 Å². The molecular formula is C16H21ClN2O3. The summed E-state index contributed by atoms with van der Waals surface area (Å²) in [4.78, 5) is 22.5. The first-order valence-corrected chi connectivity index (χ1v) is 7.91. The van der Waals surface area contributed by atoms with Crippen molar-refractivity contribution in [2.45, 2.75) is 51.0 Å². The zero-order valence-electron chi connectivity index (χ0n) is 12.6. The number of urea groups is 1. The van der Waals surface area contributed by atoms with Crippen LogP contribution in [-0.4, -0.2) is 18.0 Å². The van der Waals surface area contributed by atoms with E-state index in [9.17, 15) is 9.59 Å². The van der Waals surface area contributed by atoms with Crippen molar-refractivity contribution in [2.75, 3.05) is 0 Å². The van der Waals surface area contributed by atoms with Crippen LogP contribution in [0.2, 0.25) is 5.02 Å². The van der Waals surface area contributed by atoms with E-state index in [-0.39, 0.29) is 0 Å². The molecule has 3 amide bonds. The molecule has 22 heavy (non-hydrogen) atoms. The summed E-state index contributed by atoms with van der Waals surface area (Å²) in [5, 5.41) is 2.68. The summed E-state index contributed by atoms with van der Waals surface area (Å²) in [7, 11) is 0. The molecule has 1 atom stereocenters. The minimum atomic E-state index is -0.885. The molecule has 1 aromatic rings. The van der Waals surface area contributed by atoms with Crippen LogP contribution < -0.4 is 15.8 Å². The molecule has 0 heterocycles. The summed E-state index contributed by atoms with van der Waals surface area (Å²) in [6.45, 7) is 1.58. The fourth-order valence-corrected chi connectivity index (χ4v) is 3.01. The summed E-state index contributed by atoms with van der Waals surface area (Å²) in [5.41, 5.74) is 5.98. The van der Waals surface area contributed by atoms with E-state index >= 15 is 0 Å². The number of imide groups is 1. The second-order valence-corrected chi connectivity index (χ2v) is 6.07. The molecule has 0 aromatic heterocycles. The first kappa shape index (κ1) is 16.6. The van der Waals surface area contributed by atoms with Crippen LogP contribution in [0.25, 0.3) is 0 Å². The SMILES string of the molecule is C[C@@H](Oc1ccc(Cl)cc1C1CCCCC1)C(=O)NC(N)=O. The van der Waals surface area contributed by atoms with Gasteiger partial charge in [0.15, 0.2) is 6.10 Å². The third-order valence-corrected chi connectivity index (χ3v) is 4.17. The lowest BCUT2D eigenvalue weighted by Crippen LogP contribution is -2.42. The smallest absolute Gasteiger partial charge is 0.318 e. The van der Waals surface area contributed by atoms with Gasteiger partial charge < -0.3 is 10.5 Å². The minimum Gasteiger partial charge on any atom is -0.481 e. The second-order valence-electron chi connectivity index (χ2n) is 5.63. The molecule has 1 aromatic carbocycles. The molecule has 0 radical (unpaired) electrons. The predicted molar refractivity (Wildman–Crippen MR) is 85.1 cm³/mol. The van der Waals surface area contributed by atoms with Crippen LogP contribution in [0.1, 0.15) is 50.5 Å². The van der Waals surface area contributed by atoms with Crippen molar-refractivity contribution in [1.29, 1.82) is 0 Å². The van der Waals surface area contributed by atoms with Crippen molar-refractivity contribution in [2.24, 2.45) is 5.73 Å². The van der Waals surface area contributed by atoms with Crippen LogP contribution in [0.15, 0.2) is 18.2 Å². The average molecular weight is 325 g/mol. The standard InChI is InChI=1S/C16H21ClN2O3/c1-10(15(20)19-16(18)21)22-14-8-7-12(17)9-13(14)11-5-3-2-4-6-11/h7-11H,2-6H2,1H3,(H3,18,19,20,21)/t10-/m1/s1. The molecule has 0 aliphatic heterocycles. The summed E-state index contributed by atoms with van der Waals surface area (Å²) in [6, 6.07) is 4.54. The van der Waals surface area contributed by atoms with Crippen LogP contribution in [0.3, 0.4) is 0 Å². The van der Waals surface area contributed by atoms with E-state index in [0.29, 0.717) is 16.7 Å². The Morgan fingerprint density at radius 2 is 2.00 bits per heavy atom. The van der Waals surface area contributed by atoms with Gasteiger partial charge in [0.05, 0.1) is 0 Å². The van der Waals surface area contributed by atoms with Gasteiger partial charge in [0.2, 0.25) is 0 Å². The highest BCUT2D eigenvalue weighted by Crippen LogP contribution is 2.39. The number of amides is 3. The fourth-order valence-electron chi connectivity index (χ4n) is 2.83. The molecule has 0 spiro atoms. The summed E-state index contributed by atoms with van der Waals surface area (Å²) < 4.78 is 5.74. The van der Waals surface area contributed by atoms with Crippen molar-refractivity contribution in [3.63, 3.8) is 0 Å². The Morgan fingerprint density at radius 1 is 1.32 bits per heavy atom. The van der Waals surface area contributed by atoms with Crippen LogP contribution in [0.4, 0.5) is 4.79 Å². The maximum Gasteiger partial charge on any atom is 0.318 e. The highest BCUT2D eigenvalue weighted by molar-refractivity contribution is 6.30. The number of ether oxygens (including phenoxy) is 1. The quantitative estimate of drug-likeness (QED) is 0.891. The topological polar surface area (TPSA) is 81.4 Å². The molecule has 5 nitrogen and oxygen atoms in total.